The monoisotopic (exact) mass is 1110 g/mol. The molecule has 0 unspecified atom stereocenters. The molecule has 5 heterocycles. The number of methoxy groups -OCH3 is 1. The maximum Gasteiger partial charge on any atom is 0.324 e. The van der Waals surface area contributed by atoms with Crippen LogP contribution in [0.2, 0.25) is 0 Å². The zero-order valence-corrected chi connectivity index (χ0v) is 49.1. The average Bonchev–Trinajstić information content (AvgIpc) is 3.85. The summed E-state index contributed by atoms with van der Waals surface area (Å²) < 4.78 is 14.3. The van der Waals surface area contributed by atoms with Gasteiger partial charge in [0.05, 0.1) is 30.0 Å². The third-order valence-electron chi connectivity index (χ3n) is 13.7. The van der Waals surface area contributed by atoms with Gasteiger partial charge in [-0.2, -0.15) is 81.0 Å². The Morgan fingerprint density at radius 1 is 1.00 bits per heavy atom. The second-order valence-corrected chi connectivity index (χ2v) is 19.5. The lowest BCUT2D eigenvalue weighted by Gasteiger charge is -2.37. The van der Waals surface area contributed by atoms with Gasteiger partial charge in [0, 0.05) is 74.8 Å². The normalized spacial score (nSPS) is 20.2. The van der Waals surface area contributed by atoms with E-state index >= 15 is 0 Å². The number of hydrazine groups is 1. The van der Waals surface area contributed by atoms with E-state index in [0.717, 1.165) is 50.1 Å². The largest absolute Gasteiger partial charge is 0.464 e. The Morgan fingerprint density at radius 2 is 1.69 bits per heavy atom. The van der Waals surface area contributed by atoms with Gasteiger partial charge in [0.15, 0.2) is 0 Å². The van der Waals surface area contributed by atoms with Crippen molar-refractivity contribution in [1.29, 1.82) is 0 Å². The maximum absolute atomic E-state index is 14.7. The molecular weight excluding hydrogens is 1030 g/mol. The lowest BCUT2D eigenvalue weighted by molar-refractivity contribution is -0.155. The van der Waals surface area contributed by atoms with Gasteiger partial charge in [-0.3, -0.25) is 34.0 Å². The Labute approximate surface area is 468 Å². The van der Waals surface area contributed by atoms with E-state index in [9.17, 15) is 24.0 Å². The number of pyridine rings is 1. The van der Waals surface area contributed by atoms with Crippen LogP contribution in [0, 0.1) is 23.2 Å². The number of aryl methyl sites for hydroxylation is 1. The highest BCUT2D eigenvalue weighted by Crippen LogP contribution is 2.42. The third-order valence-corrected chi connectivity index (χ3v) is 13.7. The smallest absolute Gasteiger partial charge is 0.324 e. The number of carbonyl (C=O) groups is 5. The molecule has 7 rings (SSSR count). The quantitative estimate of drug-likeness (QED) is 0.124. The lowest BCUT2D eigenvalue weighted by atomic mass is 9.84. The molecule has 3 aliphatic rings. The fourth-order valence-electron chi connectivity index (χ4n) is 10.2. The number of rotatable bonds is 10. The molecule has 4 aromatic rings. The van der Waals surface area contributed by atoms with Crippen LogP contribution in [0.3, 0.4) is 0 Å². The number of fused-ring (bicyclic) bond motifs is 6. The Kier molecular flexibility index (Phi) is 26.0. The van der Waals surface area contributed by atoms with Gasteiger partial charge in [0.1, 0.15) is 18.1 Å². The van der Waals surface area contributed by atoms with Crippen LogP contribution in [0.15, 0.2) is 73.4 Å². The summed E-state index contributed by atoms with van der Waals surface area (Å²) in [5.74, 6) is -2.73. The highest BCUT2D eigenvalue weighted by Gasteiger charge is 2.42. The van der Waals surface area contributed by atoms with Crippen molar-refractivity contribution in [3.8, 4) is 22.4 Å². The first-order chi connectivity index (χ1) is 31.5. The molecule has 3 aliphatic heterocycles. The van der Waals surface area contributed by atoms with E-state index in [1.165, 1.54) is 16.0 Å². The molecule has 0 saturated carbocycles. The Hall–Kier alpha value is -3.76. The minimum absolute atomic E-state index is 0. The van der Waals surface area contributed by atoms with Gasteiger partial charge in [-0.15, -0.1) is 0 Å². The van der Waals surface area contributed by atoms with Crippen molar-refractivity contribution < 1.29 is 33.4 Å². The molecule has 6 bridgehead atoms. The standard InChI is InChI=1S/C52H67N7O7.6H2S/c1-11-44(60)57-28-32(5)40(29-57)49(62)56(9)46(31(3)4)48(61)54-42-25-34-16-13-17-35(24-34)36-20-21-43-38(26-36)39(47(58(43)12-2)37-18-14-22-53-45(37)33(6)65-10)27-52(7,8)30-66-51(64)41-19-15-23-59(55-41)50(42)63;;;;;;/h11,13-14,16-18,20-22,24,26,31-33,40-42,46,55H,1,12,15,19,23,25,27-30H2,2-10H3,(H,54,61);6*1H2/t32-,33+,40-,41+,42+,46+;;;;;;/m1....../s1. The molecule has 20 heteroatoms. The number of likely N-dealkylation sites (tertiary alicyclic amines) is 1. The number of nitrogens with zero attached hydrogens (tertiary/aromatic N) is 5. The second kappa shape index (κ2) is 28.2. The topological polar surface area (TPSA) is 155 Å². The minimum Gasteiger partial charge on any atom is -0.464 e. The molecule has 72 heavy (non-hydrogen) atoms. The second-order valence-electron chi connectivity index (χ2n) is 19.5. The fraction of sp³-hybridized carbons (Fsp3) is 0.500. The van der Waals surface area contributed by atoms with E-state index in [1.54, 1.807) is 25.3 Å². The molecule has 2 aromatic heterocycles. The molecule has 400 valence electrons. The van der Waals surface area contributed by atoms with E-state index in [-0.39, 0.29) is 130 Å². The number of esters is 1. The van der Waals surface area contributed by atoms with Crippen LogP contribution in [-0.4, -0.2) is 112 Å². The molecular formula is C52H79N7O7S6. The van der Waals surface area contributed by atoms with Crippen molar-refractivity contribution in [2.75, 3.05) is 40.4 Å². The number of nitrogens with one attached hydrogen (secondary N) is 2. The summed E-state index contributed by atoms with van der Waals surface area (Å²) >= 11 is 0. The first-order valence-corrected chi connectivity index (χ1v) is 23.4. The molecule has 4 amide bonds. The van der Waals surface area contributed by atoms with Crippen LogP contribution < -0.4 is 10.7 Å². The van der Waals surface area contributed by atoms with Crippen molar-refractivity contribution in [2.24, 2.45) is 23.2 Å². The van der Waals surface area contributed by atoms with Crippen molar-refractivity contribution in [3.63, 3.8) is 0 Å². The van der Waals surface area contributed by atoms with Gasteiger partial charge in [-0.05, 0) is 97.5 Å². The Balaban J connectivity index is 0.00000432. The number of benzene rings is 2. The molecule has 2 saturated heterocycles. The molecule has 2 aromatic carbocycles. The van der Waals surface area contributed by atoms with Crippen LogP contribution in [0.1, 0.15) is 84.2 Å². The van der Waals surface area contributed by atoms with Crippen molar-refractivity contribution >= 4 is 121 Å². The van der Waals surface area contributed by atoms with Gasteiger partial charge in [0.25, 0.3) is 5.91 Å². The maximum atomic E-state index is 14.7. The van der Waals surface area contributed by atoms with Crippen LogP contribution in [0.25, 0.3) is 33.3 Å². The molecule has 0 radical (unpaired) electrons. The van der Waals surface area contributed by atoms with E-state index < -0.39 is 47.2 Å². The van der Waals surface area contributed by atoms with Gasteiger partial charge in [-0.25, -0.2) is 5.43 Å². The number of ether oxygens (including phenoxy) is 2. The van der Waals surface area contributed by atoms with Gasteiger partial charge < -0.3 is 29.2 Å². The zero-order valence-electron chi connectivity index (χ0n) is 43.1. The predicted octanol–water partition coefficient (Wildman–Crippen LogP) is 7.19. The van der Waals surface area contributed by atoms with Gasteiger partial charge >= 0.3 is 5.97 Å². The molecule has 2 N–H and O–H groups in total. The average molecular weight is 1110 g/mol. The van der Waals surface area contributed by atoms with E-state index in [1.807, 2.05) is 45.9 Å². The van der Waals surface area contributed by atoms with Crippen molar-refractivity contribution in [1.82, 2.24) is 35.1 Å². The number of carbonyl (C=O) groups excluding carboxylic acids is 5. The third kappa shape index (κ3) is 14.1. The fourth-order valence-corrected chi connectivity index (χ4v) is 10.2. The predicted molar refractivity (Wildman–Crippen MR) is 317 cm³/mol. The molecule has 0 spiro atoms. The number of cyclic esters (lactones) is 1. The number of likely N-dealkylation sites (N-methyl/N-ethyl adjacent to an activating group) is 1. The molecule has 0 aliphatic carbocycles. The SMILES string of the molecule is C=CC(=O)N1C[C@@H](C)[C@H](C(=O)N(C)[C@H](C(=O)N[C@H]2Cc3cccc(c3)-c3ccc4c(c3)c(c(-c3cccnc3[C@H](C)OC)n4CC)CC(C)(C)COC(=O)[C@@H]3CCCN(N3)C2=O)C(C)C)C1.S.S.S.S.S.S. The summed E-state index contributed by atoms with van der Waals surface area (Å²) in [5.41, 5.74) is 10.5. The molecule has 14 nitrogen and oxygen atoms in total. The summed E-state index contributed by atoms with van der Waals surface area (Å²) in [5, 5.41) is 5.59. The van der Waals surface area contributed by atoms with Crippen LogP contribution >= 0.6 is 81.0 Å². The zero-order chi connectivity index (χ0) is 47.6. The molecule has 2 fully saturated rings. The molecule has 6 atom stereocenters. The van der Waals surface area contributed by atoms with Crippen molar-refractivity contribution in [2.45, 2.75) is 105 Å². The summed E-state index contributed by atoms with van der Waals surface area (Å²) in [7, 11) is 3.31. The van der Waals surface area contributed by atoms with E-state index in [0.29, 0.717) is 38.9 Å². The number of hydrogen-bond acceptors (Lipinski definition) is 9. The Morgan fingerprint density at radius 3 is 2.35 bits per heavy atom. The number of aromatic nitrogens is 2. The van der Waals surface area contributed by atoms with Gasteiger partial charge in [0.2, 0.25) is 17.7 Å². The highest BCUT2D eigenvalue weighted by atomic mass is 32.1. The summed E-state index contributed by atoms with van der Waals surface area (Å²) in [6.07, 6.45) is 4.54. The minimum atomic E-state index is -1.05. The van der Waals surface area contributed by atoms with E-state index in [2.05, 4.69) is 79.1 Å². The van der Waals surface area contributed by atoms with Crippen LogP contribution in [0.5, 0.6) is 0 Å². The summed E-state index contributed by atoms with van der Waals surface area (Å²) in [4.78, 5) is 77.7. The Bertz CT molecular complexity index is 2520. The van der Waals surface area contributed by atoms with Crippen molar-refractivity contribution in [3.05, 3.63) is 90.3 Å². The number of amides is 4. The summed E-state index contributed by atoms with van der Waals surface area (Å²) in [6.45, 7) is 19.4. The van der Waals surface area contributed by atoms with E-state index in [4.69, 9.17) is 14.5 Å². The van der Waals surface area contributed by atoms with Crippen LogP contribution in [-0.2, 0) is 52.8 Å². The first-order valence-electron chi connectivity index (χ1n) is 23.4. The van der Waals surface area contributed by atoms with Crippen LogP contribution in [0.4, 0.5) is 0 Å². The summed E-state index contributed by atoms with van der Waals surface area (Å²) in [6, 6.07) is 15.8. The highest BCUT2D eigenvalue weighted by molar-refractivity contribution is 7.60. The number of hydrogen-bond donors (Lipinski definition) is 2. The lowest BCUT2D eigenvalue weighted by Crippen LogP contribution is -2.62. The first kappa shape index (κ1) is 66.3. The van der Waals surface area contributed by atoms with Gasteiger partial charge in [-0.1, -0.05) is 71.5 Å².